The number of hydrogen-bond acceptors (Lipinski definition) is 11. The highest BCUT2D eigenvalue weighted by Gasteiger charge is 2.28. The van der Waals surface area contributed by atoms with Gasteiger partial charge in [-0.2, -0.15) is 5.10 Å². The first-order valence-electron chi connectivity index (χ1n) is 14.6. The van der Waals surface area contributed by atoms with Crippen molar-refractivity contribution in [3.8, 4) is 5.75 Å². The fourth-order valence-electron chi connectivity index (χ4n) is 4.96. The number of anilines is 3. The predicted octanol–water partition coefficient (Wildman–Crippen LogP) is 5.28. The number of hydrogen-bond donors (Lipinski definition) is 2. The summed E-state index contributed by atoms with van der Waals surface area (Å²) >= 11 is 6.42. The molecule has 3 heterocycles. The van der Waals surface area contributed by atoms with Gasteiger partial charge in [0, 0.05) is 56.6 Å². The Morgan fingerprint density at radius 2 is 1.77 bits per heavy atom. The minimum atomic E-state index is -4.52. The molecule has 0 radical (unpaired) electrons. The molecule has 1 saturated heterocycles. The normalized spacial score (nSPS) is 14.2. The van der Waals surface area contributed by atoms with Crippen molar-refractivity contribution in [2.75, 3.05) is 70.7 Å². The third-order valence-corrected chi connectivity index (χ3v) is 10.4. The molecule has 2 aromatic heterocycles. The molecule has 18 heteroatoms. The molecule has 1 fully saturated rings. The van der Waals surface area contributed by atoms with Gasteiger partial charge < -0.3 is 19.9 Å². The zero-order valence-electron chi connectivity index (χ0n) is 26.5. The second-order valence-electron chi connectivity index (χ2n) is 11.3. The van der Waals surface area contributed by atoms with Crippen molar-refractivity contribution < 1.29 is 30.7 Å². The molecule has 0 aliphatic carbocycles. The molecular formula is C30H33ClF4N8O3S2. The van der Waals surface area contributed by atoms with Gasteiger partial charge in [-0.3, -0.25) is 10.00 Å². The molecule has 2 aromatic carbocycles. The zero-order valence-corrected chi connectivity index (χ0v) is 28.8. The van der Waals surface area contributed by atoms with E-state index in [0.29, 0.717) is 36.5 Å². The molecule has 2 N–H and O–H groups in total. The number of aryl methyl sites for hydroxylation is 1. The summed E-state index contributed by atoms with van der Waals surface area (Å²) in [6.07, 6.45) is 0. The van der Waals surface area contributed by atoms with E-state index in [1.807, 2.05) is 21.0 Å². The van der Waals surface area contributed by atoms with Crippen molar-refractivity contribution in [2.24, 2.45) is 0 Å². The molecule has 1 aliphatic heterocycles. The minimum Gasteiger partial charge on any atom is -0.490 e. The van der Waals surface area contributed by atoms with E-state index in [1.165, 1.54) is 13.2 Å². The molecule has 0 spiro atoms. The van der Waals surface area contributed by atoms with E-state index in [2.05, 4.69) is 35.2 Å². The van der Waals surface area contributed by atoms with Gasteiger partial charge in [-0.15, -0.1) is 0 Å². The summed E-state index contributed by atoms with van der Waals surface area (Å²) < 4.78 is 89.8. The highest BCUT2D eigenvalue weighted by atomic mass is 35.5. The molecular weight excluding hydrogens is 696 g/mol. The summed E-state index contributed by atoms with van der Waals surface area (Å²) in [5.74, 6) is -5.25. The first kappa shape index (κ1) is 35.7. The van der Waals surface area contributed by atoms with E-state index in [-0.39, 0.29) is 15.9 Å². The van der Waals surface area contributed by atoms with Crippen LogP contribution in [0.3, 0.4) is 0 Å². The number of sulfone groups is 1. The third-order valence-electron chi connectivity index (χ3n) is 7.52. The number of likely N-dealkylation sites (N-methyl/N-ethyl adjacent to an activating group) is 1. The van der Waals surface area contributed by atoms with Gasteiger partial charge in [-0.05, 0) is 57.0 Å². The van der Waals surface area contributed by atoms with Crippen molar-refractivity contribution in [3.05, 3.63) is 69.9 Å². The van der Waals surface area contributed by atoms with E-state index < -0.39 is 54.3 Å². The Morgan fingerprint density at radius 3 is 2.40 bits per heavy atom. The lowest BCUT2D eigenvalue weighted by atomic mass is 10.2. The van der Waals surface area contributed by atoms with Crippen molar-refractivity contribution in [1.82, 2.24) is 30.0 Å². The number of aromatic amines is 1. The van der Waals surface area contributed by atoms with Crippen LogP contribution in [0.25, 0.3) is 0 Å². The number of benzene rings is 2. The Bertz CT molecular complexity index is 1880. The minimum absolute atomic E-state index is 0.0219. The van der Waals surface area contributed by atoms with Crippen molar-refractivity contribution in [1.29, 1.82) is 0 Å². The van der Waals surface area contributed by atoms with Crippen LogP contribution in [0.2, 0.25) is 5.02 Å². The summed E-state index contributed by atoms with van der Waals surface area (Å²) in [4.78, 5) is 15.2. The average molecular weight is 729 g/mol. The zero-order chi connectivity index (χ0) is 34.7. The SMILES string of the molecule is COc1c(Nc2cc(C)[nH]n2)nc(Sc2ccc(S(=O)(=O)Cc3c(F)c(F)cc(Cl)c3F)cc2F)nc1N1CCN(CCN(C)C)CC1. The van der Waals surface area contributed by atoms with E-state index in [4.69, 9.17) is 21.3 Å². The van der Waals surface area contributed by atoms with Crippen LogP contribution in [0.15, 0.2) is 45.3 Å². The number of halogens is 5. The topological polar surface area (TPSA) is 120 Å². The lowest BCUT2D eigenvalue weighted by molar-refractivity contribution is 0.228. The number of nitrogens with zero attached hydrogens (tertiary/aromatic N) is 6. The number of aromatic nitrogens is 4. The summed E-state index contributed by atoms with van der Waals surface area (Å²) in [6.45, 7) is 6.53. The van der Waals surface area contributed by atoms with Crippen LogP contribution in [-0.4, -0.2) is 98.9 Å². The Kier molecular flexibility index (Phi) is 11.0. The van der Waals surface area contributed by atoms with Crippen molar-refractivity contribution in [3.63, 3.8) is 0 Å². The highest BCUT2D eigenvalue weighted by Crippen LogP contribution is 2.39. The van der Waals surface area contributed by atoms with Crippen molar-refractivity contribution >= 4 is 50.7 Å². The van der Waals surface area contributed by atoms with Crippen LogP contribution in [-0.2, 0) is 15.6 Å². The number of ether oxygens (including phenoxy) is 1. The van der Waals surface area contributed by atoms with Gasteiger partial charge in [0.2, 0.25) is 5.75 Å². The number of H-pyrrole nitrogens is 1. The average Bonchev–Trinajstić information content (AvgIpc) is 3.46. The Balaban J connectivity index is 1.44. The second-order valence-corrected chi connectivity index (χ2v) is 14.7. The largest absolute Gasteiger partial charge is 0.490 e. The quantitative estimate of drug-likeness (QED) is 0.113. The molecule has 48 heavy (non-hydrogen) atoms. The number of rotatable bonds is 12. The number of nitrogens with one attached hydrogen (secondary N) is 2. The van der Waals surface area contributed by atoms with Crippen LogP contribution in [0, 0.1) is 30.2 Å². The number of piperazine rings is 1. The molecule has 0 amide bonds. The maximum Gasteiger partial charge on any atom is 0.204 e. The molecule has 0 atom stereocenters. The van der Waals surface area contributed by atoms with E-state index in [9.17, 15) is 21.6 Å². The molecule has 5 rings (SSSR count). The van der Waals surface area contributed by atoms with Gasteiger partial charge in [0.1, 0.15) is 11.6 Å². The second kappa shape index (κ2) is 14.9. The van der Waals surface area contributed by atoms with Gasteiger partial charge in [0.15, 0.2) is 44.1 Å². The fourth-order valence-corrected chi connectivity index (χ4v) is 7.28. The maximum absolute atomic E-state index is 15.5. The standard InChI is InChI=1S/C30H33ClF4N8O3S2/c1-17-13-24(40-39-17)36-28-27(46-4)29(43-11-9-42(10-12-43)8-7-41(2)3)38-30(37-28)47-23-6-5-18(14-21(23)32)48(44,45)16-19-25(34)20(31)15-22(33)26(19)35/h5-6,13-15H,7-12,16H2,1-4H3,(H2,36,37,38,39,40). The molecule has 0 bridgehead atoms. The van der Waals surface area contributed by atoms with Gasteiger partial charge in [-0.1, -0.05) is 11.6 Å². The highest BCUT2D eigenvalue weighted by molar-refractivity contribution is 7.99. The molecule has 0 saturated carbocycles. The number of methoxy groups -OCH3 is 1. The van der Waals surface area contributed by atoms with Gasteiger partial charge in [0.25, 0.3) is 0 Å². The Hall–Kier alpha value is -3.64. The molecule has 1 aliphatic rings. The third kappa shape index (κ3) is 8.14. The van der Waals surface area contributed by atoms with E-state index >= 15 is 4.39 Å². The fraction of sp³-hybridized carbons (Fsp3) is 0.367. The first-order valence-corrected chi connectivity index (χ1v) is 17.5. The van der Waals surface area contributed by atoms with Gasteiger partial charge in [0.05, 0.1) is 27.7 Å². The Morgan fingerprint density at radius 1 is 1.04 bits per heavy atom. The summed E-state index contributed by atoms with van der Waals surface area (Å²) in [6, 6.07) is 5.17. The van der Waals surface area contributed by atoms with Crippen LogP contribution in [0.5, 0.6) is 5.75 Å². The van der Waals surface area contributed by atoms with Crippen molar-refractivity contribution in [2.45, 2.75) is 27.6 Å². The van der Waals surface area contributed by atoms with Crippen LogP contribution >= 0.6 is 23.4 Å². The Labute approximate surface area is 284 Å². The summed E-state index contributed by atoms with van der Waals surface area (Å²) in [5.41, 5.74) is -0.277. The smallest absolute Gasteiger partial charge is 0.204 e. The summed E-state index contributed by atoms with van der Waals surface area (Å²) in [5, 5.41) is 9.54. The summed E-state index contributed by atoms with van der Waals surface area (Å²) in [7, 11) is 1.03. The predicted molar refractivity (Wildman–Crippen MR) is 175 cm³/mol. The van der Waals surface area contributed by atoms with E-state index in [1.54, 1.807) is 6.07 Å². The van der Waals surface area contributed by atoms with Gasteiger partial charge in [-0.25, -0.2) is 35.9 Å². The van der Waals surface area contributed by atoms with Crippen LogP contribution in [0.1, 0.15) is 11.3 Å². The molecule has 11 nitrogen and oxygen atoms in total. The van der Waals surface area contributed by atoms with Crippen LogP contribution in [0.4, 0.5) is 35.0 Å². The molecule has 0 unspecified atom stereocenters. The lowest BCUT2D eigenvalue weighted by Gasteiger charge is -2.36. The van der Waals surface area contributed by atoms with Gasteiger partial charge >= 0.3 is 0 Å². The van der Waals surface area contributed by atoms with Crippen LogP contribution < -0.4 is 15.0 Å². The molecule has 4 aromatic rings. The monoisotopic (exact) mass is 728 g/mol. The first-order chi connectivity index (χ1) is 22.7. The van der Waals surface area contributed by atoms with E-state index in [0.717, 1.165) is 55.8 Å². The maximum atomic E-state index is 15.5. The molecule has 258 valence electrons. The lowest BCUT2D eigenvalue weighted by Crippen LogP contribution is -2.48.